The summed E-state index contributed by atoms with van der Waals surface area (Å²) in [6, 6.07) is 6.70. The molecule has 18 heavy (non-hydrogen) atoms. The van der Waals surface area contributed by atoms with Crippen LogP contribution >= 0.6 is 0 Å². The summed E-state index contributed by atoms with van der Waals surface area (Å²) in [5, 5.41) is 9.16. The van der Waals surface area contributed by atoms with Crippen molar-refractivity contribution in [1.82, 2.24) is 0 Å². The Labute approximate surface area is 104 Å². The number of carboxylic acid groups (broad SMARTS) is 1. The number of furan rings is 1. The molecule has 0 saturated carbocycles. The SMILES string of the molecule is CN(Cc1ccoc1)c1ccc(N)cc1C(=O)O. The van der Waals surface area contributed by atoms with Gasteiger partial charge in [0.25, 0.3) is 0 Å². The predicted molar refractivity (Wildman–Crippen MR) is 68.6 cm³/mol. The number of carboxylic acids is 1. The number of nitrogens with two attached hydrogens (primary N) is 1. The molecule has 0 spiro atoms. The first-order chi connectivity index (χ1) is 8.58. The number of hydrogen-bond donors (Lipinski definition) is 2. The Morgan fingerprint density at radius 2 is 2.22 bits per heavy atom. The molecule has 1 heterocycles. The van der Waals surface area contributed by atoms with Crippen LogP contribution in [0, 0.1) is 0 Å². The second-order valence-corrected chi connectivity index (χ2v) is 4.07. The molecule has 5 nitrogen and oxygen atoms in total. The quantitative estimate of drug-likeness (QED) is 0.808. The van der Waals surface area contributed by atoms with Crippen molar-refractivity contribution >= 4 is 17.3 Å². The van der Waals surface area contributed by atoms with Crippen molar-refractivity contribution in [1.29, 1.82) is 0 Å². The van der Waals surface area contributed by atoms with Crippen LogP contribution in [0.15, 0.2) is 41.2 Å². The van der Waals surface area contributed by atoms with E-state index in [9.17, 15) is 4.79 Å². The number of benzene rings is 1. The second-order valence-electron chi connectivity index (χ2n) is 4.07. The Morgan fingerprint density at radius 1 is 1.44 bits per heavy atom. The molecule has 94 valence electrons. The van der Waals surface area contributed by atoms with Crippen molar-refractivity contribution in [3.8, 4) is 0 Å². The molecule has 0 fully saturated rings. The van der Waals surface area contributed by atoms with E-state index in [0.717, 1.165) is 5.56 Å². The van der Waals surface area contributed by atoms with E-state index in [0.29, 0.717) is 17.9 Å². The van der Waals surface area contributed by atoms with E-state index in [1.165, 1.54) is 6.07 Å². The minimum absolute atomic E-state index is 0.195. The fraction of sp³-hybridized carbons (Fsp3) is 0.154. The van der Waals surface area contributed by atoms with Gasteiger partial charge in [-0.25, -0.2) is 4.79 Å². The van der Waals surface area contributed by atoms with Gasteiger partial charge < -0.3 is 20.2 Å². The van der Waals surface area contributed by atoms with Crippen molar-refractivity contribution in [2.75, 3.05) is 17.7 Å². The molecule has 0 aliphatic rings. The molecule has 2 aromatic rings. The lowest BCUT2D eigenvalue weighted by atomic mass is 10.1. The summed E-state index contributed by atoms with van der Waals surface area (Å²) in [5.74, 6) is -0.989. The molecule has 0 bridgehead atoms. The number of nitrogens with zero attached hydrogens (tertiary/aromatic N) is 1. The van der Waals surface area contributed by atoms with Crippen molar-refractivity contribution in [2.24, 2.45) is 0 Å². The molecular weight excluding hydrogens is 232 g/mol. The molecule has 2 rings (SSSR count). The topological polar surface area (TPSA) is 79.7 Å². The van der Waals surface area contributed by atoms with Gasteiger partial charge in [0, 0.05) is 24.8 Å². The van der Waals surface area contributed by atoms with Crippen LogP contribution in [0.5, 0.6) is 0 Å². The molecule has 0 unspecified atom stereocenters. The maximum absolute atomic E-state index is 11.2. The molecule has 0 amide bonds. The van der Waals surface area contributed by atoms with E-state index in [2.05, 4.69) is 0 Å². The van der Waals surface area contributed by atoms with Gasteiger partial charge in [0.05, 0.1) is 23.8 Å². The zero-order valence-electron chi connectivity index (χ0n) is 9.96. The summed E-state index contributed by atoms with van der Waals surface area (Å²) in [5.41, 5.74) is 7.84. The number of nitrogen functional groups attached to an aromatic ring is 1. The smallest absolute Gasteiger partial charge is 0.337 e. The summed E-state index contributed by atoms with van der Waals surface area (Å²) < 4.78 is 4.99. The zero-order valence-corrected chi connectivity index (χ0v) is 9.96. The highest BCUT2D eigenvalue weighted by molar-refractivity contribution is 5.95. The average Bonchev–Trinajstić information content (AvgIpc) is 2.81. The second kappa shape index (κ2) is 4.83. The minimum Gasteiger partial charge on any atom is -0.478 e. The van der Waals surface area contributed by atoms with Crippen LogP contribution in [0.2, 0.25) is 0 Å². The highest BCUT2D eigenvalue weighted by Gasteiger charge is 2.14. The molecule has 5 heteroatoms. The summed E-state index contributed by atoms with van der Waals surface area (Å²) >= 11 is 0. The molecule has 1 aromatic carbocycles. The first-order valence-corrected chi connectivity index (χ1v) is 5.43. The summed E-state index contributed by atoms with van der Waals surface area (Å²) in [6.07, 6.45) is 3.22. The van der Waals surface area contributed by atoms with E-state index < -0.39 is 5.97 Å². The van der Waals surface area contributed by atoms with Crippen molar-refractivity contribution < 1.29 is 14.3 Å². The minimum atomic E-state index is -0.989. The summed E-state index contributed by atoms with van der Waals surface area (Å²) in [7, 11) is 1.82. The van der Waals surface area contributed by atoms with Crippen LogP contribution in [-0.2, 0) is 6.54 Å². The number of hydrogen-bond acceptors (Lipinski definition) is 4. The lowest BCUT2D eigenvalue weighted by Crippen LogP contribution is -2.19. The Balaban J connectivity index is 2.29. The molecule has 0 saturated heterocycles. The van der Waals surface area contributed by atoms with E-state index in [-0.39, 0.29) is 5.56 Å². The monoisotopic (exact) mass is 246 g/mol. The highest BCUT2D eigenvalue weighted by atomic mass is 16.4. The molecule has 0 radical (unpaired) electrons. The van der Waals surface area contributed by atoms with Crippen LogP contribution in [-0.4, -0.2) is 18.1 Å². The standard InChI is InChI=1S/C13H14N2O3/c1-15(7-9-4-5-18-8-9)12-3-2-10(14)6-11(12)13(16)17/h2-6,8H,7,14H2,1H3,(H,16,17). The lowest BCUT2D eigenvalue weighted by Gasteiger charge is -2.20. The highest BCUT2D eigenvalue weighted by Crippen LogP contribution is 2.23. The largest absolute Gasteiger partial charge is 0.478 e. The molecule has 0 atom stereocenters. The predicted octanol–water partition coefficient (Wildman–Crippen LogP) is 2.20. The number of rotatable bonds is 4. The van der Waals surface area contributed by atoms with Crippen molar-refractivity contribution in [3.63, 3.8) is 0 Å². The van der Waals surface area contributed by atoms with E-state index >= 15 is 0 Å². The first-order valence-electron chi connectivity index (χ1n) is 5.43. The van der Waals surface area contributed by atoms with Crippen molar-refractivity contribution in [3.05, 3.63) is 47.9 Å². The molecule has 1 aromatic heterocycles. The van der Waals surface area contributed by atoms with E-state index in [1.807, 2.05) is 18.0 Å². The average molecular weight is 246 g/mol. The molecular formula is C13H14N2O3. The third-order valence-electron chi connectivity index (χ3n) is 2.66. The maximum Gasteiger partial charge on any atom is 0.337 e. The van der Waals surface area contributed by atoms with Gasteiger partial charge in [0.1, 0.15) is 0 Å². The Bertz CT molecular complexity index is 549. The van der Waals surface area contributed by atoms with Gasteiger partial charge in [-0.15, -0.1) is 0 Å². The fourth-order valence-corrected chi connectivity index (χ4v) is 1.80. The van der Waals surface area contributed by atoms with E-state index in [1.54, 1.807) is 24.7 Å². The van der Waals surface area contributed by atoms with Gasteiger partial charge in [-0.2, -0.15) is 0 Å². The number of carbonyl (C=O) groups is 1. The van der Waals surface area contributed by atoms with Gasteiger partial charge >= 0.3 is 5.97 Å². The van der Waals surface area contributed by atoms with Crippen LogP contribution in [0.3, 0.4) is 0 Å². The van der Waals surface area contributed by atoms with Crippen LogP contribution in [0.4, 0.5) is 11.4 Å². The Kier molecular flexibility index (Phi) is 3.23. The number of anilines is 2. The number of aromatic carboxylic acids is 1. The van der Waals surface area contributed by atoms with Gasteiger partial charge in [-0.1, -0.05) is 0 Å². The van der Waals surface area contributed by atoms with Gasteiger partial charge in [0.15, 0.2) is 0 Å². The normalized spacial score (nSPS) is 10.3. The Morgan fingerprint density at radius 3 is 2.83 bits per heavy atom. The van der Waals surface area contributed by atoms with Crippen LogP contribution in [0.25, 0.3) is 0 Å². The van der Waals surface area contributed by atoms with E-state index in [4.69, 9.17) is 15.3 Å². The lowest BCUT2D eigenvalue weighted by molar-refractivity contribution is 0.0697. The van der Waals surface area contributed by atoms with Crippen molar-refractivity contribution in [2.45, 2.75) is 6.54 Å². The van der Waals surface area contributed by atoms with Gasteiger partial charge in [-0.3, -0.25) is 0 Å². The summed E-state index contributed by atoms with van der Waals surface area (Å²) in [6.45, 7) is 0.570. The molecule has 0 aliphatic carbocycles. The third-order valence-corrected chi connectivity index (χ3v) is 2.66. The molecule has 0 aliphatic heterocycles. The maximum atomic E-state index is 11.2. The molecule has 3 N–H and O–H groups in total. The van der Waals surface area contributed by atoms with Crippen LogP contribution in [0.1, 0.15) is 15.9 Å². The van der Waals surface area contributed by atoms with Gasteiger partial charge in [0.2, 0.25) is 0 Å². The Hall–Kier alpha value is -2.43. The zero-order chi connectivity index (χ0) is 13.1. The summed E-state index contributed by atoms with van der Waals surface area (Å²) in [4.78, 5) is 13.0. The van der Waals surface area contributed by atoms with Gasteiger partial charge in [-0.05, 0) is 24.3 Å². The third kappa shape index (κ3) is 2.45. The first kappa shape index (κ1) is 12.0. The fourth-order valence-electron chi connectivity index (χ4n) is 1.80. The van der Waals surface area contributed by atoms with Crippen LogP contribution < -0.4 is 10.6 Å².